The second-order valence-electron chi connectivity index (χ2n) is 7.20. The molecule has 0 radical (unpaired) electrons. The predicted octanol–water partition coefficient (Wildman–Crippen LogP) is 4.77. The molecule has 1 unspecified atom stereocenters. The lowest BCUT2D eigenvalue weighted by atomic mass is 10.0. The lowest BCUT2D eigenvalue weighted by Crippen LogP contribution is -2.43. The molecule has 2 N–H and O–H groups in total. The Morgan fingerprint density at radius 2 is 1.50 bits per heavy atom. The van der Waals surface area contributed by atoms with E-state index in [0.717, 1.165) is 5.56 Å². The summed E-state index contributed by atoms with van der Waals surface area (Å²) >= 11 is 12.2. The van der Waals surface area contributed by atoms with Crippen molar-refractivity contribution in [2.24, 2.45) is 0 Å². The number of nitrogens with one attached hydrogen (secondary N) is 2. The van der Waals surface area contributed by atoms with Crippen LogP contribution >= 0.6 is 23.2 Å². The topological polar surface area (TPSA) is 93.7 Å². The molecule has 34 heavy (non-hydrogen) atoms. The van der Waals surface area contributed by atoms with Crippen molar-refractivity contribution in [2.45, 2.75) is 12.5 Å². The van der Waals surface area contributed by atoms with Gasteiger partial charge in [0, 0.05) is 12.1 Å². The maximum atomic E-state index is 12.7. The third kappa shape index (κ3) is 6.07. The van der Waals surface area contributed by atoms with Crippen LogP contribution in [0, 0.1) is 0 Å². The van der Waals surface area contributed by atoms with Crippen LogP contribution in [0.3, 0.4) is 0 Å². The first-order valence-corrected chi connectivity index (χ1v) is 11.0. The SMILES string of the molecule is COC(=O)C(Cc1ccc(NC(=O)c2c(Cl)cccc2Cl)cc1)NC(=O)c1ccccc1OC. The van der Waals surface area contributed by atoms with E-state index in [4.69, 9.17) is 32.7 Å². The van der Waals surface area contributed by atoms with Gasteiger partial charge in [-0.1, -0.05) is 53.5 Å². The average molecular weight is 501 g/mol. The number of carbonyl (C=O) groups excluding carboxylic acids is 3. The van der Waals surface area contributed by atoms with Crippen molar-refractivity contribution in [1.29, 1.82) is 0 Å². The number of amides is 2. The molecular weight excluding hydrogens is 479 g/mol. The van der Waals surface area contributed by atoms with E-state index in [1.807, 2.05) is 0 Å². The minimum Gasteiger partial charge on any atom is -0.496 e. The summed E-state index contributed by atoms with van der Waals surface area (Å²) in [5, 5.41) is 5.92. The molecule has 0 heterocycles. The fraction of sp³-hybridized carbons (Fsp3) is 0.160. The zero-order valence-electron chi connectivity index (χ0n) is 18.4. The highest BCUT2D eigenvalue weighted by Gasteiger charge is 2.24. The predicted molar refractivity (Wildman–Crippen MR) is 131 cm³/mol. The molecule has 0 aliphatic heterocycles. The number of carbonyl (C=O) groups is 3. The molecule has 176 valence electrons. The minimum absolute atomic E-state index is 0.179. The fourth-order valence-electron chi connectivity index (χ4n) is 3.27. The third-order valence-corrected chi connectivity index (χ3v) is 5.61. The summed E-state index contributed by atoms with van der Waals surface area (Å²) in [6.45, 7) is 0. The van der Waals surface area contributed by atoms with Crippen LogP contribution in [0.1, 0.15) is 26.3 Å². The maximum absolute atomic E-state index is 12.7. The number of benzene rings is 3. The molecule has 0 aromatic heterocycles. The van der Waals surface area contributed by atoms with Crippen molar-refractivity contribution < 1.29 is 23.9 Å². The van der Waals surface area contributed by atoms with Crippen LogP contribution in [-0.4, -0.2) is 38.0 Å². The number of para-hydroxylation sites is 1. The molecule has 0 aliphatic carbocycles. The largest absolute Gasteiger partial charge is 0.496 e. The summed E-state index contributed by atoms with van der Waals surface area (Å²) in [4.78, 5) is 37.6. The van der Waals surface area contributed by atoms with Crippen molar-refractivity contribution in [2.75, 3.05) is 19.5 Å². The van der Waals surface area contributed by atoms with Crippen molar-refractivity contribution in [3.05, 3.63) is 93.5 Å². The first kappa shape index (κ1) is 25.1. The van der Waals surface area contributed by atoms with E-state index in [0.29, 0.717) is 17.0 Å². The lowest BCUT2D eigenvalue weighted by molar-refractivity contribution is -0.142. The molecule has 2 amide bonds. The van der Waals surface area contributed by atoms with Crippen molar-refractivity contribution in [1.82, 2.24) is 5.32 Å². The highest BCUT2D eigenvalue weighted by Crippen LogP contribution is 2.25. The summed E-state index contributed by atoms with van der Waals surface area (Å²) in [5.41, 5.74) is 1.73. The smallest absolute Gasteiger partial charge is 0.328 e. The molecule has 1 atom stereocenters. The van der Waals surface area contributed by atoms with Crippen LogP contribution in [0.15, 0.2) is 66.7 Å². The van der Waals surface area contributed by atoms with E-state index >= 15 is 0 Å². The van der Waals surface area contributed by atoms with Crippen LogP contribution in [-0.2, 0) is 16.0 Å². The number of ether oxygens (including phenoxy) is 2. The molecule has 7 nitrogen and oxygen atoms in total. The summed E-state index contributed by atoms with van der Waals surface area (Å²) < 4.78 is 10.1. The van der Waals surface area contributed by atoms with Crippen LogP contribution in [0.5, 0.6) is 5.75 Å². The van der Waals surface area contributed by atoms with Gasteiger partial charge >= 0.3 is 5.97 Å². The summed E-state index contributed by atoms with van der Waals surface area (Å²) in [5.74, 6) is -1.11. The van der Waals surface area contributed by atoms with Gasteiger partial charge in [0.05, 0.1) is 35.4 Å². The Hall–Kier alpha value is -3.55. The zero-order chi connectivity index (χ0) is 24.7. The molecule has 0 saturated heterocycles. The second kappa shape index (κ2) is 11.5. The van der Waals surface area contributed by atoms with Gasteiger partial charge in [-0.25, -0.2) is 4.79 Å². The normalized spacial score (nSPS) is 11.3. The number of rotatable bonds is 8. The molecule has 0 aliphatic rings. The Morgan fingerprint density at radius 1 is 0.853 bits per heavy atom. The van der Waals surface area contributed by atoms with Gasteiger partial charge in [-0.05, 0) is 42.0 Å². The average Bonchev–Trinajstić information content (AvgIpc) is 2.84. The summed E-state index contributed by atoms with van der Waals surface area (Å²) in [7, 11) is 2.72. The first-order valence-electron chi connectivity index (χ1n) is 10.2. The Balaban J connectivity index is 1.71. The van der Waals surface area contributed by atoms with Crippen molar-refractivity contribution in [3.63, 3.8) is 0 Å². The molecule has 0 fully saturated rings. The molecular formula is C25H22Cl2N2O5. The molecule has 0 bridgehead atoms. The van der Waals surface area contributed by atoms with Gasteiger partial charge in [-0.15, -0.1) is 0 Å². The molecule has 3 aromatic rings. The third-order valence-electron chi connectivity index (χ3n) is 4.98. The highest BCUT2D eigenvalue weighted by atomic mass is 35.5. The van der Waals surface area contributed by atoms with Crippen molar-refractivity contribution >= 4 is 46.7 Å². The van der Waals surface area contributed by atoms with E-state index in [9.17, 15) is 14.4 Å². The summed E-state index contributed by atoms with van der Waals surface area (Å²) in [6, 6.07) is 17.4. The van der Waals surface area contributed by atoms with Gasteiger partial charge < -0.3 is 20.1 Å². The molecule has 9 heteroatoms. The summed E-state index contributed by atoms with van der Waals surface area (Å²) in [6.07, 6.45) is 0.179. The Kier molecular flexibility index (Phi) is 8.51. The van der Waals surface area contributed by atoms with Gasteiger partial charge in [0.2, 0.25) is 0 Å². The quantitative estimate of drug-likeness (QED) is 0.434. The van der Waals surface area contributed by atoms with E-state index in [1.54, 1.807) is 66.7 Å². The van der Waals surface area contributed by atoms with Crippen LogP contribution in [0.2, 0.25) is 10.0 Å². The molecule has 0 spiro atoms. The Morgan fingerprint density at radius 3 is 2.12 bits per heavy atom. The van der Waals surface area contributed by atoms with Gasteiger partial charge in [-0.3, -0.25) is 9.59 Å². The standard InChI is InChI=1S/C25H22Cl2N2O5/c1-33-21-9-4-3-6-17(21)23(30)29-20(25(32)34-2)14-15-10-12-16(13-11-15)28-24(31)22-18(26)7-5-8-19(22)27/h3-13,20H,14H2,1-2H3,(H,28,31)(H,29,30). The van der Waals surface area contributed by atoms with E-state index in [-0.39, 0.29) is 22.0 Å². The maximum Gasteiger partial charge on any atom is 0.328 e. The molecule has 3 rings (SSSR count). The van der Waals surface area contributed by atoms with Gasteiger partial charge in [0.1, 0.15) is 11.8 Å². The highest BCUT2D eigenvalue weighted by molar-refractivity contribution is 6.40. The van der Waals surface area contributed by atoms with E-state index < -0.39 is 23.8 Å². The van der Waals surface area contributed by atoms with E-state index in [2.05, 4.69) is 10.6 Å². The number of halogens is 2. The number of esters is 1. The monoisotopic (exact) mass is 500 g/mol. The van der Waals surface area contributed by atoms with Crippen LogP contribution < -0.4 is 15.4 Å². The second-order valence-corrected chi connectivity index (χ2v) is 8.02. The van der Waals surface area contributed by atoms with E-state index in [1.165, 1.54) is 14.2 Å². The zero-order valence-corrected chi connectivity index (χ0v) is 19.9. The van der Waals surface area contributed by atoms with Crippen LogP contribution in [0.4, 0.5) is 5.69 Å². The fourth-order valence-corrected chi connectivity index (χ4v) is 3.84. The number of anilines is 1. The lowest BCUT2D eigenvalue weighted by Gasteiger charge is -2.18. The minimum atomic E-state index is -0.926. The Labute approximate surface area is 207 Å². The molecule has 3 aromatic carbocycles. The molecule has 0 saturated carbocycles. The van der Waals surface area contributed by atoms with Gasteiger partial charge in [0.15, 0.2) is 0 Å². The number of methoxy groups -OCH3 is 2. The van der Waals surface area contributed by atoms with Gasteiger partial charge in [0.25, 0.3) is 11.8 Å². The number of hydrogen-bond donors (Lipinski definition) is 2. The number of hydrogen-bond acceptors (Lipinski definition) is 5. The van der Waals surface area contributed by atoms with Gasteiger partial charge in [-0.2, -0.15) is 0 Å². The first-order chi connectivity index (χ1) is 16.3. The van der Waals surface area contributed by atoms with Crippen molar-refractivity contribution in [3.8, 4) is 5.75 Å². The Bertz CT molecular complexity index is 1180. The van der Waals surface area contributed by atoms with Crippen LogP contribution in [0.25, 0.3) is 0 Å².